The van der Waals surface area contributed by atoms with Crippen molar-refractivity contribution in [1.82, 2.24) is 14.8 Å². The Morgan fingerprint density at radius 3 is 2.08 bits per heavy atom. The van der Waals surface area contributed by atoms with Crippen LogP contribution in [0.25, 0.3) is 0 Å². The first-order valence-corrected chi connectivity index (χ1v) is 5.64. The summed E-state index contributed by atoms with van der Waals surface area (Å²) in [6, 6.07) is 0.275. The summed E-state index contributed by atoms with van der Waals surface area (Å²) >= 11 is 0. The van der Waals surface area contributed by atoms with Crippen molar-refractivity contribution < 1.29 is 8.42 Å². The molecule has 0 amide bonds. The van der Waals surface area contributed by atoms with E-state index in [0.717, 1.165) is 25.9 Å². The van der Waals surface area contributed by atoms with Crippen molar-refractivity contribution >= 4 is 10.2 Å². The van der Waals surface area contributed by atoms with Gasteiger partial charge in [-0.05, 0) is 12.8 Å². The van der Waals surface area contributed by atoms with Gasteiger partial charge in [-0.1, -0.05) is 0 Å². The van der Waals surface area contributed by atoms with Gasteiger partial charge in [0, 0.05) is 25.2 Å². The highest BCUT2D eigenvalue weighted by Crippen LogP contribution is 2.19. The maximum Gasteiger partial charge on any atom is 0.277 e. The third kappa shape index (κ3) is 2.16. The fourth-order valence-corrected chi connectivity index (χ4v) is 2.39. The van der Waals surface area contributed by atoms with Crippen LogP contribution in [0.5, 0.6) is 0 Å². The smallest absolute Gasteiger partial charge is 0.277 e. The number of hydrogen-bond donors (Lipinski definition) is 3. The molecular weight excluding hydrogens is 178 g/mol. The van der Waals surface area contributed by atoms with Crippen LogP contribution in [0.3, 0.4) is 0 Å². The van der Waals surface area contributed by atoms with Gasteiger partial charge in [0.1, 0.15) is 0 Å². The van der Waals surface area contributed by atoms with Crippen LogP contribution in [0.2, 0.25) is 0 Å². The minimum Gasteiger partial charge on any atom is -0.313 e. The van der Waals surface area contributed by atoms with E-state index in [2.05, 4.69) is 14.8 Å². The average molecular weight is 191 g/mol. The Hall–Kier alpha value is -0.170. The van der Waals surface area contributed by atoms with Crippen LogP contribution in [0.15, 0.2) is 0 Å². The monoisotopic (exact) mass is 191 g/mol. The average Bonchev–Trinajstić information content (AvgIpc) is 2.62. The van der Waals surface area contributed by atoms with E-state index >= 15 is 0 Å². The molecule has 1 saturated carbocycles. The summed E-state index contributed by atoms with van der Waals surface area (Å²) in [6.07, 6.45) is 1.95. The van der Waals surface area contributed by atoms with Crippen molar-refractivity contribution in [2.45, 2.75) is 24.9 Å². The number of nitrogens with one attached hydrogen (secondary N) is 3. The standard InChI is InChI=1S/C6H13N3O2S/c10-12(11,8-5-1-2-5)9-6-3-7-4-6/h5-9H,1-4H2. The first-order chi connectivity index (χ1) is 5.66. The maximum absolute atomic E-state index is 11.2. The quantitative estimate of drug-likeness (QED) is 0.509. The van der Waals surface area contributed by atoms with Gasteiger partial charge in [0.25, 0.3) is 10.2 Å². The van der Waals surface area contributed by atoms with E-state index in [0.29, 0.717) is 0 Å². The minimum atomic E-state index is -3.22. The minimum absolute atomic E-state index is 0.0845. The van der Waals surface area contributed by atoms with Crippen molar-refractivity contribution in [1.29, 1.82) is 0 Å². The molecule has 2 rings (SSSR count). The van der Waals surface area contributed by atoms with Crippen LogP contribution in [-0.2, 0) is 10.2 Å². The van der Waals surface area contributed by atoms with Gasteiger partial charge in [0.2, 0.25) is 0 Å². The van der Waals surface area contributed by atoms with Crippen molar-refractivity contribution in [2.24, 2.45) is 0 Å². The largest absolute Gasteiger partial charge is 0.313 e. The van der Waals surface area contributed by atoms with E-state index in [1.165, 1.54) is 0 Å². The molecule has 0 aromatic rings. The van der Waals surface area contributed by atoms with Crippen LogP contribution in [0.1, 0.15) is 12.8 Å². The Bertz CT molecular complexity index is 256. The lowest BCUT2D eigenvalue weighted by Crippen LogP contribution is -2.59. The molecule has 1 aliphatic heterocycles. The van der Waals surface area contributed by atoms with E-state index in [4.69, 9.17) is 0 Å². The van der Waals surface area contributed by atoms with Crippen molar-refractivity contribution in [3.8, 4) is 0 Å². The fourth-order valence-electron chi connectivity index (χ4n) is 1.05. The topological polar surface area (TPSA) is 70.2 Å². The molecule has 12 heavy (non-hydrogen) atoms. The van der Waals surface area contributed by atoms with Gasteiger partial charge < -0.3 is 5.32 Å². The highest BCUT2D eigenvalue weighted by atomic mass is 32.2. The Balaban J connectivity index is 1.82. The summed E-state index contributed by atoms with van der Waals surface area (Å²) in [5.74, 6) is 0. The Morgan fingerprint density at radius 1 is 1.08 bits per heavy atom. The van der Waals surface area contributed by atoms with Gasteiger partial charge in [0.15, 0.2) is 0 Å². The zero-order valence-electron chi connectivity index (χ0n) is 6.71. The van der Waals surface area contributed by atoms with E-state index in [1.807, 2.05) is 0 Å². The van der Waals surface area contributed by atoms with Crippen molar-refractivity contribution in [3.05, 3.63) is 0 Å². The summed E-state index contributed by atoms with van der Waals surface area (Å²) < 4.78 is 27.6. The molecule has 2 aliphatic rings. The van der Waals surface area contributed by atoms with Crippen molar-refractivity contribution in [2.75, 3.05) is 13.1 Å². The second-order valence-electron chi connectivity index (χ2n) is 3.37. The van der Waals surface area contributed by atoms with E-state index in [9.17, 15) is 8.42 Å². The molecule has 6 heteroatoms. The Kier molecular flexibility index (Phi) is 2.07. The van der Waals surface area contributed by atoms with Gasteiger partial charge in [-0.3, -0.25) is 0 Å². The molecular formula is C6H13N3O2S. The highest BCUT2D eigenvalue weighted by molar-refractivity contribution is 7.87. The maximum atomic E-state index is 11.2. The summed E-state index contributed by atoms with van der Waals surface area (Å²) in [5, 5.41) is 3.00. The molecule has 0 unspecified atom stereocenters. The molecule has 70 valence electrons. The SMILES string of the molecule is O=S(=O)(NC1CC1)NC1CNC1. The summed E-state index contributed by atoms with van der Waals surface area (Å²) in [4.78, 5) is 0. The summed E-state index contributed by atoms with van der Waals surface area (Å²) in [5.41, 5.74) is 0. The molecule has 1 heterocycles. The van der Waals surface area contributed by atoms with E-state index < -0.39 is 10.2 Å². The molecule has 1 saturated heterocycles. The van der Waals surface area contributed by atoms with E-state index in [-0.39, 0.29) is 12.1 Å². The number of rotatable bonds is 4. The predicted octanol–water partition coefficient (Wildman–Crippen LogP) is -1.46. The molecule has 0 radical (unpaired) electrons. The first kappa shape index (κ1) is 8.43. The Morgan fingerprint density at radius 2 is 1.67 bits per heavy atom. The third-order valence-corrected chi connectivity index (χ3v) is 3.29. The lowest BCUT2D eigenvalue weighted by Gasteiger charge is -2.27. The molecule has 0 spiro atoms. The highest BCUT2D eigenvalue weighted by Gasteiger charge is 2.29. The Labute approximate surface area is 72.1 Å². The molecule has 5 nitrogen and oxygen atoms in total. The van der Waals surface area contributed by atoms with Crippen LogP contribution >= 0.6 is 0 Å². The molecule has 2 fully saturated rings. The second kappa shape index (κ2) is 2.95. The lowest BCUT2D eigenvalue weighted by molar-refractivity contribution is 0.408. The summed E-state index contributed by atoms with van der Waals surface area (Å²) in [6.45, 7) is 1.48. The van der Waals surface area contributed by atoms with Gasteiger partial charge in [-0.25, -0.2) is 0 Å². The zero-order chi connectivity index (χ0) is 8.60. The second-order valence-corrected chi connectivity index (χ2v) is 4.85. The lowest BCUT2D eigenvalue weighted by atomic mass is 10.2. The molecule has 0 atom stereocenters. The predicted molar refractivity (Wildman–Crippen MR) is 44.9 cm³/mol. The molecule has 3 N–H and O–H groups in total. The van der Waals surface area contributed by atoms with Gasteiger partial charge in [0.05, 0.1) is 0 Å². The molecule has 0 aromatic carbocycles. The fraction of sp³-hybridized carbons (Fsp3) is 1.00. The zero-order valence-corrected chi connectivity index (χ0v) is 7.52. The molecule has 1 aliphatic carbocycles. The van der Waals surface area contributed by atoms with Gasteiger partial charge >= 0.3 is 0 Å². The van der Waals surface area contributed by atoms with Crippen LogP contribution < -0.4 is 14.8 Å². The number of hydrogen-bond acceptors (Lipinski definition) is 3. The van der Waals surface area contributed by atoms with Crippen LogP contribution in [-0.4, -0.2) is 33.6 Å². The van der Waals surface area contributed by atoms with Crippen LogP contribution in [0, 0.1) is 0 Å². The third-order valence-electron chi connectivity index (χ3n) is 2.00. The molecule has 0 aromatic heterocycles. The first-order valence-electron chi connectivity index (χ1n) is 4.16. The van der Waals surface area contributed by atoms with Crippen LogP contribution in [0.4, 0.5) is 0 Å². The summed E-state index contributed by atoms with van der Waals surface area (Å²) in [7, 11) is -3.22. The van der Waals surface area contributed by atoms with E-state index in [1.54, 1.807) is 0 Å². The normalized spacial score (nSPS) is 25.3. The van der Waals surface area contributed by atoms with Gasteiger partial charge in [-0.15, -0.1) is 0 Å². The van der Waals surface area contributed by atoms with Gasteiger partial charge in [-0.2, -0.15) is 17.9 Å². The molecule has 0 bridgehead atoms. The van der Waals surface area contributed by atoms with Crippen molar-refractivity contribution in [3.63, 3.8) is 0 Å².